The Labute approximate surface area is 146 Å². The molecule has 2 aromatic rings. The van der Waals surface area contributed by atoms with Crippen LogP contribution in [0.1, 0.15) is 44.5 Å². The Kier molecular flexibility index (Phi) is 5.57. The van der Waals surface area contributed by atoms with Crippen molar-refractivity contribution >= 4 is 29.2 Å². The molecule has 0 bridgehead atoms. The van der Waals surface area contributed by atoms with Gasteiger partial charge in [0.05, 0.1) is 12.2 Å². The van der Waals surface area contributed by atoms with Crippen molar-refractivity contribution in [3.8, 4) is 0 Å². The van der Waals surface area contributed by atoms with E-state index in [-0.39, 0.29) is 22.7 Å². The number of hydrogen-bond donors (Lipinski definition) is 1. The van der Waals surface area contributed by atoms with Gasteiger partial charge in [0, 0.05) is 5.69 Å². The first-order chi connectivity index (χ1) is 11.3. The van der Waals surface area contributed by atoms with Crippen LogP contribution in [0.2, 0.25) is 5.15 Å². The lowest BCUT2D eigenvalue weighted by Crippen LogP contribution is -2.17. The molecule has 0 aliphatic carbocycles. The van der Waals surface area contributed by atoms with E-state index in [1.165, 1.54) is 0 Å². The van der Waals surface area contributed by atoms with Crippen molar-refractivity contribution in [3.63, 3.8) is 0 Å². The Balaban J connectivity index is 2.31. The van der Waals surface area contributed by atoms with Crippen LogP contribution in [0.3, 0.4) is 0 Å². The maximum absolute atomic E-state index is 12.5. The summed E-state index contributed by atoms with van der Waals surface area (Å²) in [4.78, 5) is 28.4. The van der Waals surface area contributed by atoms with Gasteiger partial charge >= 0.3 is 5.97 Å². The number of carbonyl (C=O) groups is 2. The lowest BCUT2D eigenvalue weighted by atomic mass is 10.0. The number of aromatic nitrogens is 1. The van der Waals surface area contributed by atoms with Crippen molar-refractivity contribution in [2.24, 2.45) is 0 Å². The second-order valence-corrected chi connectivity index (χ2v) is 5.85. The van der Waals surface area contributed by atoms with E-state index >= 15 is 0 Å². The van der Waals surface area contributed by atoms with Gasteiger partial charge in [-0.3, -0.25) is 4.79 Å². The van der Waals surface area contributed by atoms with Crippen LogP contribution in [-0.4, -0.2) is 23.5 Å². The summed E-state index contributed by atoms with van der Waals surface area (Å²) in [7, 11) is 0. The molecule has 0 spiro atoms. The summed E-state index contributed by atoms with van der Waals surface area (Å²) in [5.41, 5.74) is 3.65. The number of benzene rings is 1. The molecule has 0 aliphatic rings. The summed E-state index contributed by atoms with van der Waals surface area (Å²) in [6.45, 7) is 7.51. The van der Waals surface area contributed by atoms with E-state index in [1.807, 2.05) is 13.8 Å². The number of hydrogen-bond acceptors (Lipinski definition) is 4. The van der Waals surface area contributed by atoms with Crippen molar-refractivity contribution in [2.45, 2.75) is 27.7 Å². The number of aryl methyl sites for hydroxylation is 3. The van der Waals surface area contributed by atoms with Crippen LogP contribution < -0.4 is 5.32 Å². The number of rotatable bonds is 4. The molecule has 1 heterocycles. The smallest absolute Gasteiger partial charge is 0.338 e. The predicted molar refractivity (Wildman–Crippen MR) is 93.8 cm³/mol. The molecule has 1 aromatic carbocycles. The van der Waals surface area contributed by atoms with Crippen molar-refractivity contribution in [2.75, 3.05) is 11.9 Å². The molecule has 1 amide bonds. The molecule has 6 heteroatoms. The molecule has 5 nitrogen and oxygen atoms in total. The molecule has 0 saturated carbocycles. The van der Waals surface area contributed by atoms with Gasteiger partial charge in [0.15, 0.2) is 0 Å². The highest BCUT2D eigenvalue weighted by Crippen LogP contribution is 2.24. The second-order valence-electron chi connectivity index (χ2n) is 5.46. The zero-order chi connectivity index (χ0) is 17.9. The molecule has 0 unspecified atom stereocenters. The molecule has 126 valence electrons. The summed E-state index contributed by atoms with van der Waals surface area (Å²) in [6, 6.07) is 6.77. The third-order valence-electron chi connectivity index (χ3n) is 3.56. The summed E-state index contributed by atoms with van der Waals surface area (Å²) in [5.74, 6) is -0.723. The number of nitrogens with one attached hydrogen (secondary N) is 1. The van der Waals surface area contributed by atoms with E-state index in [4.69, 9.17) is 16.3 Å². The lowest BCUT2D eigenvalue weighted by molar-refractivity contribution is 0.0526. The van der Waals surface area contributed by atoms with E-state index < -0.39 is 0 Å². The van der Waals surface area contributed by atoms with Crippen LogP contribution in [0.15, 0.2) is 24.3 Å². The summed E-state index contributed by atoms with van der Waals surface area (Å²) >= 11 is 5.87. The minimum atomic E-state index is -0.381. The number of halogens is 1. The van der Waals surface area contributed by atoms with Crippen molar-refractivity contribution in [3.05, 3.63) is 57.4 Å². The topological polar surface area (TPSA) is 68.3 Å². The molecule has 1 aromatic heterocycles. The quantitative estimate of drug-likeness (QED) is 0.668. The molecule has 0 saturated heterocycles. The number of pyridine rings is 1. The zero-order valence-corrected chi connectivity index (χ0v) is 14.8. The van der Waals surface area contributed by atoms with E-state index in [9.17, 15) is 9.59 Å². The monoisotopic (exact) mass is 346 g/mol. The number of nitrogens with zero attached hydrogens (tertiary/aromatic N) is 1. The number of carbonyl (C=O) groups excluding carboxylic acids is 2. The van der Waals surface area contributed by atoms with Crippen LogP contribution in [0.4, 0.5) is 5.69 Å². The van der Waals surface area contributed by atoms with E-state index in [1.54, 1.807) is 38.1 Å². The third-order valence-corrected chi connectivity index (χ3v) is 3.77. The fraction of sp³-hybridized carbons (Fsp3) is 0.278. The molecule has 0 aliphatic heterocycles. The Morgan fingerprint density at radius 3 is 2.33 bits per heavy atom. The highest BCUT2D eigenvalue weighted by molar-refractivity contribution is 6.29. The average Bonchev–Trinajstić information content (AvgIpc) is 2.53. The molecule has 2 rings (SSSR count). The van der Waals surface area contributed by atoms with Gasteiger partial charge in [0.2, 0.25) is 0 Å². The zero-order valence-electron chi connectivity index (χ0n) is 14.1. The van der Waals surface area contributed by atoms with Crippen LogP contribution in [0, 0.1) is 20.8 Å². The minimum absolute atomic E-state index is 0.261. The third kappa shape index (κ3) is 3.92. The minimum Gasteiger partial charge on any atom is -0.462 e. The van der Waals surface area contributed by atoms with Gasteiger partial charge < -0.3 is 10.1 Å². The van der Waals surface area contributed by atoms with Crippen LogP contribution in [0.5, 0.6) is 0 Å². The fourth-order valence-corrected chi connectivity index (χ4v) is 2.55. The molecule has 24 heavy (non-hydrogen) atoms. The predicted octanol–water partition coefficient (Wildman–Crippen LogP) is 4.09. The maximum atomic E-state index is 12.5. The summed E-state index contributed by atoms with van der Waals surface area (Å²) in [5, 5.41) is 3.11. The number of ether oxygens (including phenoxy) is 1. The first kappa shape index (κ1) is 17.9. The molecule has 1 N–H and O–H groups in total. The van der Waals surface area contributed by atoms with E-state index in [2.05, 4.69) is 10.3 Å². The normalized spacial score (nSPS) is 10.4. The molecular weight excluding hydrogens is 328 g/mol. The van der Waals surface area contributed by atoms with Gasteiger partial charge in [0.1, 0.15) is 10.8 Å². The van der Waals surface area contributed by atoms with Crippen LogP contribution in [-0.2, 0) is 4.74 Å². The lowest BCUT2D eigenvalue weighted by Gasteiger charge is -2.14. The highest BCUT2D eigenvalue weighted by Gasteiger charge is 2.16. The Hall–Kier alpha value is -2.40. The van der Waals surface area contributed by atoms with Crippen LogP contribution >= 0.6 is 11.6 Å². The fourth-order valence-electron chi connectivity index (χ4n) is 2.40. The number of esters is 1. The largest absolute Gasteiger partial charge is 0.462 e. The van der Waals surface area contributed by atoms with E-state index in [0.717, 1.165) is 16.7 Å². The van der Waals surface area contributed by atoms with Crippen molar-refractivity contribution in [1.29, 1.82) is 0 Å². The van der Waals surface area contributed by atoms with Crippen molar-refractivity contribution < 1.29 is 14.3 Å². The Morgan fingerprint density at radius 2 is 1.75 bits per heavy atom. The SMILES string of the molecule is CCOC(=O)c1cc(C)c(NC(=O)c2nc(Cl)ccc2C)c(C)c1. The molecule has 0 radical (unpaired) electrons. The maximum Gasteiger partial charge on any atom is 0.338 e. The first-order valence-corrected chi connectivity index (χ1v) is 7.94. The van der Waals surface area contributed by atoms with Crippen molar-refractivity contribution in [1.82, 2.24) is 4.98 Å². The van der Waals surface area contributed by atoms with Gasteiger partial charge in [-0.25, -0.2) is 9.78 Å². The Bertz CT molecular complexity index is 780. The molecule has 0 fully saturated rings. The highest BCUT2D eigenvalue weighted by atomic mass is 35.5. The standard InChI is InChI=1S/C18H19ClN2O3/c1-5-24-18(23)13-8-11(3)15(12(4)9-13)21-17(22)16-10(2)6-7-14(19)20-16/h6-9H,5H2,1-4H3,(H,21,22). The van der Waals surface area contributed by atoms with Gasteiger partial charge in [-0.05, 0) is 62.6 Å². The molecular formula is C18H19ClN2O3. The Morgan fingerprint density at radius 1 is 1.12 bits per heavy atom. The van der Waals surface area contributed by atoms with Gasteiger partial charge in [-0.15, -0.1) is 0 Å². The van der Waals surface area contributed by atoms with Crippen LogP contribution in [0.25, 0.3) is 0 Å². The average molecular weight is 347 g/mol. The number of anilines is 1. The summed E-state index contributed by atoms with van der Waals surface area (Å²) in [6.07, 6.45) is 0. The first-order valence-electron chi connectivity index (χ1n) is 7.56. The summed E-state index contributed by atoms with van der Waals surface area (Å²) < 4.78 is 5.01. The second kappa shape index (κ2) is 7.45. The van der Waals surface area contributed by atoms with Gasteiger partial charge in [-0.2, -0.15) is 0 Å². The van der Waals surface area contributed by atoms with Gasteiger partial charge in [0.25, 0.3) is 5.91 Å². The number of amides is 1. The van der Waals surface area contributed by atoms with Gasteiger partial charge in [-0.1, -0.05) is 17.7 Å². The molecule has 0 atom stereocenters. The van der Waals surface area contributed by atoms with E-state index in [0.29, 0.717) is 17.9 Å².